The topological polar surface area (TPSA) is 0 Å². The smallest absolute Gasteiger partial charge is 0.205 e. The van der Waals surface area contributed by atoms with Gasteiger partial charge < -0.3 is 0 Å². The number of hydrogen-bond donors (Lipinski definition) is 0. The van der Waals surface area contributed by atoms with E-state index >= 15 is 0 Å². The maximum Gasteiger partial charge on any atom is 0.263 e. The van der Waals surface area contributed by atoms with E-state index in [0.29, 0.717) is 0 Å². The molecule has 0 spiro atoms. The number of benzene rings is 2. The van der Waals surface area contributed by atoms with Crippen LogP contribution >= 0.6 is 0 Å². The summed E-state index contributed by atoms with van der Waals surface area (Å²) in [5.74, 6) is 2.64. The van der Waals surface area contributed by atoms with Gasteiger partial charge in [0.15, 0.2) is 0 Å². The normalized spacial score (nSPS) is 11.8. The first kappa shape index (κ1) is 13.5. The standard InChI is InChI=1S/C17H16F2/c1-5-11-7-6-8-12-9-13(16(18)19)10-14(15(11)12)17(2,3)4/h1,6-10,16H,2-4H3. The number of rotatable bonds is 1. The fraction of sp³-hybridized carbons (Fsp3) is 0.294. The molecule has 0 N–H and O–H groups in total. The lowest BCUT2D eigenvalue weighted by Gasteiger charge is -2.23. The molecule has 0 aromatic heterocycles. The minimum absolute atomic E-state index is 0.0478. The highest BCUT2D eigenvalue weighted by molar-refractivity contribution is 5.92. The second-order valence-electron chi connectivity index (χ2n) is 5.67. The van der Waals surface area contributed by atoms with E-state index in [-0.39, 0.29) is 11.0 Å². The van der Waals surface area contributed by atoms with Gasteiger partial charge in [-0.15, -0.1) is 6.42 Å². The lowest BCUT2D eigenvalue weighted by atomic mass is 9.81. The molecule has 0 unspecified atom stereocenters. The second-order valence-corrected chi connectivity index (χ2v) is 5.67. The van der Waals surface area contributed by atoms with Crippen molar-refractivity contribution in [2.45, 2.75) is 32.6 Å². The van der Waals surface area contributed by atoms with Crippen molar-refractivity contribution in [2.75, 3.05) is 0 Å². The summed E-state index contributed by atoms with van der Waals surface area (Å²) in [5, 5.41) is 1.68. The molecule has 2 aromatic rings. The molecule has 19 heavy (non-hydrogen) atoms. The Morgan fingerprint density at radius 1 is 1.16 bits per heavy atom. The van der Waals surface area contributed by atoms with Crippen molar-refractivity contribution in [1.29, 1.82) is 0 Å². The summed E-state index contributed by atoms with van der Waals surface area (Å²) in [6.45, 7) is 6.01. The van der Waals surface area contributed by atoms with Crippen molar-refractivity contribution in [3.63, 3.8) is 0 Å². The van der Waals surface area contributed by atoms with E-state index in [4.69, 9.17) is 6.42 Å². The van der Waals surface area contributed by atoms with E-state index in [2.05, 4.69) is 5.92 Å². The second kappa shape index (κ2) is 4.66. The van der Waals surface area contributed by atoms with E-state index in [1.54, 1.807) is 12.1 Å². The predicted octanol–water partition coefficient (Wildman–Crippen LogP) is 5.06. The van der Waals surface area contributed by atoms with Crippen LogP contribution < -0.4 is 0 Å². The van der Waals surface area contributed by atoms with Gasteiger partial charge in [-0.3, -0.25) is 0 Å². The fourth-order valence-corrected chi connectivity index (χ4v) is 2.29. The molecule has 0 nitrogen and oxygen atoms in total. The highest BCUT2D eigenvalue weighted by Gasteiger charge is 2.21. The van der Waals surface area contributed by atoms with Crippen LogP contribution in [0.2, 0.25) is 0 Å². The van der Waals surface area contributed by atoms with Crippen molar-refractivity contribution in [1.82, 2.24) is 0 Å². The molecule has 0 aliphatic heterocycles. The molecular formula is C17H16F2. The number of halogens is 2. The Labute approximate surface area is 112 Å². The zero-order chi connectivity index (χ0) is 14.2. The number of terminal acetylenes is 1. The minimum Gasteiger partial charge on any atom is -0.205 e. The average molecular weight is 258 g/mol. The molecular weight excluding hydrogens is 242 g/mol. The summed E-state index contributed by atoms with van der Waals surface area (Å²) in [6.07, 6.45) is 3.06. The maximum absolute atomic E-state index is 13.0. The average Bonchev–Trinajstić information content (AvgIpc) is 2.35. The molecule has 0 aliphatic rings. The van der Waals surface area contributed by atoms with Gasteiger partial charge in [-0.1, -0.05) is 38.8 Å². The van der Waals surface area contributed by atoms with Crippen molar-refractivity contribution in [3.8, 4) is 12.3 Å². The molecule has 0 heterocycles. The van der Waals surface area contributed by atoms with E-state index in [9.17, 15) is 8.78 Å². The van der Waals surface area contributed by atoms with Crippen LogP contribution in [-0.2, 0) is 5.41 Å². The first-order chi connectivity index (χ1) is 8.84. The largest absolute Gasteiger partial charge is 0.263 e. The van der Waals surface area contributed by atoms with Gasteiger partial charge in [-0.2, -0.15) is 0 Å². The Morgan fingerprint density at radius 3 is 2.37 bits per heavy atom. The Kier molecular flexibility index (Phi) is 3.32. The van der Waals surface area contributed by atoms with Gasteiger partial charge in [0, 0.05) is 16.5 Å². The van der Waals surface area contributed by atoms with E-state index in [1.165, 1.54) is 6.07 Å². The molecule has 98 valence electrons. The zero-order valence-corrected chi connectivity index (χ0v) is 11.3. The molecule has 2 aromatic carbocycles. The maximum atomic E-state index is 13.0. The molecule has 0 bridgehead atoms. The summed E-state index contributed by atoms with van der Waals surface area (Å²) >= 11 is 0. The van der Waals surface area contributed by atoms with Crippen LogP contribution in [0.25, 0.3) is 10.8 Å². The van der Waals surface area contributed by atoms with Crippen LogP contribution in [0.5, 0.6) is 0 Å². The van der Waals surface area contributed by atoms with Crippen molar-refractivity contribution < 1.29 is 8.78 Å². The number of fused-ring (bicyclic) bond motifs is 1. The molecule has 2 rings (SSSR count). The summed E-state index contributed by atoms with van der Waals surface area (Å²) in [7, 11) is 0. The van der Waals surface area contributed by atoms with Gasteiger partial charge in [-0.05, 0) is 34.6 Å². The Balaban J connectivity index is 2.92. The van der Waals surface area contributed by atoms with Crippen LogP contribution in [0, 0.1) is 12.3 Å². The van der Waals surface area contributed by atoms with Gasteiger partial charge in [0.2, 0.25) is 0 Å². The van der Waals surface area contributed by atoms with Crippen molar-refractivity contribution in [3.05, 3.63) is 47.0 Å². The highest BCUT2D eigenvalue weighted by Crippen LogP contribution is 2.35. The first-order valence-electron chi connectivity index (χ1n) is 6.16. The predicted molar refractivity (Wildman–Crippen MR) is 75.5 cm³/mol. The van der Waals surface area contributed by atoms with E-state index in [0.717, 1.165) is 21.9 Å². The van der Waals surface area contributed by atoms with E-state index < -0.39 is 6.43 Å². The molecule has 0 amide bonds. The van der Waals surface area contributed by atoms with Gasteiger partial charge in [0.05, 0.1) is 0 Å². The van der Waals surface area contributed by atoms with E-state index in [1.807, 2.05) is 32.9 Å². The molecule has 2 heteroatoms. The quantitative estimate of drug-likeness (QED) is 0.627. The Bertz CT molecular complexity index is 655. The van der Waals surface area contributed by atoms with Crippen LogP contribution in [0.3, 0.4) is 0 Å². The Morgan fingerprint density at radius 2 is 1.84 bits per heavy atom. The van der Waals surface area contributed by atoms with Gasteiger partial charge in [0.25, 0.3) is 6.43 Å². The lowest BCUT2D eigenvalue weighted by molar-refractivity contribution is 0.151. The lowest BCUT2D eigenvalue weighted by Crippen LogP contribution is -2.13. The monoisotopic (exact) mass is 258 g/mol. The summed E-state index contributed by atoms with van der Waals surface area (Å²) in [5.41, 5.74) is 1.43. The molecule has 0 atom stereocenters. The highest BCUT2D eigenvalue weighted by atomic mass is 19.3. The third kappa shape index (κ3) is 2.46. The van der Waals surface area contributed by atoms with Gasteiger partial charge in [0.1, 0.15) is 0 Å². The van der Waals surface area contributed by atoms with Gasteiger partial charge in [-0.25, -0.2) is 8.78 Å². The minimum atomic E-state index is -2.47. The molecule has 0 saturated carbocycles. The van der Waals surface area contributed by atoms with Crippen molar-refractivity contribution in [2.24, 2.45) is 0 Å². The van der Waals surface area contributed by atoms with Crippen molar-refractivity contribution >= 4 is 10.8 Å². The first-order valence-corrected chi connectivity index (χ1v) is 6.16. The zero-order valence-electron chi connectivity index (χ0n) is 11.3. The Hall–Kier alpha value is -1.88. The summed E-state index contributed by atoms with van der Waals surface area (Å²) in [4.78, 5) is 0. The molecule has 0 fully saturated rings. The van der Waals surface area contributed by atoms with Crippen LogP contribution in [0.15, 0.2) is 30.3 Å². The van der Waals surface area contributed by atoms with Gasteiger partial charge >= 0.3 is 0 Å². The number of hydrogen-bond acceptors (Lipinski definition) is 0. The molecule has 0 aliphatic carbocycles. The third-order valence-electron chi connectivity index (χ3n) is 3.21. The number of alkyl halides is 2. The van der Waals surface area contributed by atoms with Crippen LogP contribution in [0.1, 0.15) is 43.9 Å². The SMILES string of the molecule is C#Cc1cccc2cc(C(F)F)cc(C(C)(C)C)c12. The summed E-state index contributed by atoms with van der Waals surface area (Å²) < 4.78 is 26.0. The van der Waals surface area contributed by atoms with Crippen LogP contribution in [-0.4, -0.2) is 0 Å². The third-order valence-corrected chi connectivity index (χ3v) is 3.21. The van der Waals surface area contributed by atoms with Crippen LogP contribution in [0.4, 0.5) is 8.78 Å². The molecule has 0 radical (unpaired) electrons. The fourth-order valence-electron chi connectivity index (χ4n) is 2.29. The molecule has 0 saturated heterocycles. The summed E-state index contributed by atoms with van der Waals surface area (Å²) in [6, 6.07) is 8.58.